The van der Waals surface area contributed by atoms with Crippen molar-refractivity contribution < 1.29 is 4.79 Å². The summed E-state index contributed by atoms with van der Waals surface area (Å²) in [6.07, 6.45) is 3.69. The van der Waals surface area contributed by atoms with Crippen molar-refractivity contribution in [3.8, 4) is 0 Å². The van der Waals surface area contributed by atoms with Crippen molar-refractivity contribution in [2.75, 3.05) is 23.9 Å². The van der Waals surface area contributed by atoms with Crippen LogP contribution in [0.5, 0.6) is 0 Å². The molecule has 1 saturated heterocycles. The molecule has 0 saturated carbocycles. The highest BCUT2D eigenvalue weighted by Gasteiger charge is 2.35. The van der Waals surface area contributed by atoms with Crippen LogP contribution in [0, 0.1) is 0 Å². The summed E-state index contributed by atoms with van der Waals surface area (Å²) < 4.78 is 0. The Kier molecular flexibility index (Phi) is 6.99. The van der Waals surface area contributed by atoms with E-state index in [9.17, 15) is 4.79 Å². The Morgan fingerprint density at radius 1 is 0.879 bits per heavy atom. The van der Waals surface area contributed by atoms with Gasteiger partial charge in [-0.1, -0.05) is 62.4 Å². The van der Waals surface area contributed by atoms with Gasteiger partial charge in [-0.05, 0) is 71.6 Å². The fourth-order valence-electron chi connectivity index (χ4n) is 3.83. The van der Waals surface area contributed by atoms with Gasteiger partial charge in [-0.25, -0.2) is 4.99 Å². The number of rotatable bonds is 6. The third-order valence-corrected chi connectivity index (χ3v) is 6.68. The van der Waals surface area contributed by atoms with Gasteiger partial charge >= 0.3 is 0 Å². The van der Waals surface area contributed by atoms with E-state index in [0.29, 0.717) is 10.1 Å². The van der Waals surface area contributed by atoms with Crippen molar-refractivity contribution in [2.45, 2.75) is 26.7 Å². The Hall–Kier alpha value is -3.31. The highest BCUT2D eigenvalue weighted by Crippen LogP contribution is 2.39. The smallest absolute Gasteiger partial charge is 0.271 e. The zero-order valence-electron chi connectivity index (χ0n) is 19.6. The molecule has 0 atom stereocenters. The topological polar surface area (TPSA) is 35.9 Å². The number of aliphatic imine (C=N–C) groups is 1. The maximum absolute atomic E-state index is 13.7. The van der Waals surface area contributed by atoms with Crippen molar-refractivity contribution >= 4 is 46.0 Å². The lowest BCUT2D eigenvalue weighted by atomic mass is 10.1. The Morgan fingerprint density at radius 3 is 2.18 bits per heavy atom. The van der Waals surface area contributed by atoms with Crippen LogP contribution in [0.3, 0.4) is 0 Å². The van der Waals surface area contributed by atoms with Gasteiger partial charge in [0.1, 0.15) is 0 Å². The van der Waals surface area contributed by atoms with Crippen molar-refractivity contribution in [1.29, 1.82) is 0 Å². The number of amides is 1. The van der Waals surface area contributed by atoms with E-state index in [-0.39, 0.29) is 5.91 Å². The van der Waals surface area contributed by atoms with E-state index in [1.165, 1.54) is 17.3 Å². The predicted molar refractivity (Wildman–Crippen MR) is 143 cm³/mol. The van der Waals surface area contributed by atoms with Crippen molar-refractivity contribution in [2.24, 2.45) is 4.99 Å². The van der Waals surface area contributed by atoms with E-state index < -0.39 is 0 Å². The number of anilines is 2. The molecule has 0 aliphatic carbocycles. The van der Waals surface area contributed by atoms with E-state index in [4.69, 9.17) is 4.99 Å². The average molecular weight is 456 g/mol. The van der Waals surface area contributed by atoms with E-state index in [2.05, 4.69) is 43.0 Å². The first kappa shape index (κ1) is 22.9. The number of amidine groups is 1. The monoisotopic (exact) mass is 455 g/mol. The first-order valence-electron chi connectivity index (χ1n) is 11.3. The molecule has 1 amide bonds. The van der Waals surface area contributed by atoms with Crippen molar-refractivity contribution in [3.05, 3.63) is 94.4 Å². The van der Waals surface area contributed by atoms with Crippen LogP contribution in [0.15, 0.2) is 82.7 Å². The Bertz CT molecular complexity index is 1210. The van der Waals surface area contributed by atoms with Gasteiger partial charge in [0.2, 0.25) is 0 Å². The number of carbonyl (C=O) groups excluding carboxylic acids is 1. The van der Waals surface area contributed by atoms with Gasteiger partial charge in [-0.3, -0.25) is 9.69 Å². The molecule has 0 N–H and O–H groups in total. The number of carbonyl (C=O) groups is 1. The summed E-state index contributed by atoms with van der Waals surface area (Å²) in [4.78, 5) is 23.1. The molecular formula is C28H29N3OS. The molecule has 3 aromatic carbocycles. The lowest BCUT2D eigenvalue weighted by Gasteiger charge is -2.19. The van der Waals surface area contributed by atoms with Crippen molar-refractivity contribution in [3.63, 3.8) is 0 Å². The molecule has 0 aromatic heterocycles. The summed E-state index contributed by atoms with van der Waals surface area (Å²) in [5.74, 6) is -0.0367. The highest BCUT2D eigenvalue weighted by molar-refractivity contribution is 8.19. The van der Waals surface area contributed by atoms with E-state index in [1.807, 2.05) is 68.7 Å². The predicted octanol–water partition coefficient (Wildman–Crippen LogP) is 6.69. The van der Waals surface area contributed by atoms with E-state index >= 15 is 0 Å². The van der Waals surface area contributed by atoms with Crippen LogP contribution in [0.2, 0.25) is 0 Å². The molecule has 0 spiro atoms. The maximum atomic E-state index is 13.7. The summed E-state index contributed by atoms with van der Waals surface area (Å²) in [5.41, 5.74) is 6.22. The molecule has 1 aliphatic heterocycles. The van der Waals surface area contributed by atoms with E-state index in [1.54, 1.807) is 4.90 Å². The lowest BCUT2D eigenvalue weighted by Crippen LogP contribution is -2.29. The standard InChI is InChI=1S/C28H29N3OS/c1-5-21-11-7-9-13-24(21)29-28-31(25-14-10-8-12-22(25)6-2)27(32)26(33-28)19-20-15-17-23(18-16-20)30(3)4/h7-19H,5-6H2,1-4H3/b26-19-,29-28?. The Morgan fingerprint density at radius 2 is 1.52 bits per heavy atom. The summed E-state index contributed by atoms with van der Waals surface area (Å²) in [6.45, 7) is 4.23. The molecule has 0 bridgehead atoms. The molecule has 1 aliphatic rings. The van der Waals surface area contributed by atoms with Crippen LogP contribution >= 0.6 is 11.8 Å². The van der Waals surface area contributed by atoms with Gasteiger partial charge in [0.15, 0.2) is 5.17 Å². The maximum Gasteiger partial charge on any atom is 0.271 e. The minimum atomic E-state index is -0.0367. The second-order valence-corrected chi connectivity index (χ2v) is 9.11. The molecular weight excluding hydrogens is 426 g/mol. The molecule has 0 radical (unpaired) electrons. The number of hydrogen-bond acceptors (Lipinski definition) is 4. The van der Waals surface area contributed by atoms with Crippen LogP contribution in [-0.4, -0.2) is 25.2 Å². The SMILES string of the molecule is CCc1ccccc1N=C1S/C(=C\c2ccc(N(C)C)cc2)C(=O)N1c1ccccc1CC. The molecule has 3 aromatic rings. The Balaban J connectivity index is 1.79. The molecule has 168 valence electrons. The minimum absolute atomic E-state index is 0.0367. The second kappa shape index (κ2) is 10.1. The molecule has 33 heavy (non-hydrogen) atoms. The molecule has 4 nitrogen and oxygen atoms in total. The Labute approximate surface area is 200 Å². The molecule has 1 heterocycles. The molecule has 1 fully saturated rings. The van der Waals surface area contributed by atoms with Crippen LogP contribution < -0.4 is 9.80 Å². The summed E-state index contributed by atoms with van der Waals surface area (Å²) in [7, 11) is 4.04. The lowest BCUT2D eigenvalue weighted by molar-refractivity contribution is -0.113. The van der Waals surface area contributed by atoms with Crippen LogP contribution in [-0.2, 0) is 17.6 Å². The van der Waals surface area contributed by atoms with Crippen LogP contribution in [0.25, 0.3) is 6.08 Å². The molecule has 0 unspecified atom stereocenters. The normalized spacial score (nSPS) is 16.1. The zero-order chi connectivity index (χ0) is 23.4. The van der Waals surface area contributed by atoms with Gasteiger partial charge in [0, 0.05) is 19.8 Å². The highest BCUT2D eigenvalue weighted by atomic mass is 32.2. The van der Waals surface area contributed by atoms with Crippen LogP contribution in [0.4, 0.5) is 17.1 Å². The number of hydrogen-bond donors (Lipinski definition) is 0. The van der Waals surface area contributed by atoms with Gasteiger partial charge in [0.25, 0.3) is 5.91 Å². The fraction of sp³-hybridized carbons (Fsp3) is 0.214. The van der Waals surface area contributed by atoms with Gasteiger partial charge in [-0.2, -0.15) is 0 Å². The third kappa shape index (κ3) is 4.88. The number of benzene rings is 3. The number of thioether (sulfide) groups is 1. The number of para-hydroxylation sites is 2. The largest absolute Gasteiger partial charge is 0.378 e. The van der Waals surface area contributed by atoms with Gasteiger partial charge in [0.05, 0.1) is 16.3 Å². The number of nitrogens with zero attached hydrogens (tertiary/aromatic N) is 3. The fourth-order valence-corrected chi connectivity index (χ4v) is 4.82. The first-order valence-corrected chi connectivity index (χ1v) is 12.1. The second-order valence-electron chi connectivity index (χ2n) is 8.10. The summed E-state index contributed by atoms with van der Waals surface area (Å²) in [6, 6.07) is 24.4. The summed E-state index contributed by atoms with van der Waals surface area (Å²) >= 11 is 1.44. The summed E-state index contributed by atoms with van der Waals surface area (Å²) in [5, 5.41) is 0.693. The molecule has 5 heteroatoms. The van der Waals surface area contributed by atoms with Gasteiger partial charge in [-0.15, -0.1) is 0 Å². The molecule has 4 rings (SSSR count). The minimum Gasteiger partial charge on any atom is -0.378 e. The number of aryl methyl sites for hydroxylation is 2. The van der Waals surface area contributed by atoms with Crippen molar-refractivity contribution in [1.82, 2.24) is 0 Å². The van der Waals surface area contributed by atoms with Gasteiger partial charge < -0.3 is 4.90 Å². The first-order chi connectivity index (χ1) is 16.0. The zero-order valence-corrected chi connectivity index (χ0v) is 20.4. The average Bonchev–Trinajstić information content (AvgIpc) is 3.13. The van der Waals surface area contributed by atoms with E-state index in [0.717, 1.165) is 41.0 Å². The van der Waals surface area contributed by atoms with Crippen LogP contribution in [0.1, 0.15) is 30.5 Å². The quantitative estimate of drug-likeness (QED) is 0.389. The third-order valence-electron chi connectivity index (χ3n) is 5.72.